The van der Waals surface area contributed by atoms with Gasteiger partial charge >= 0.3 is 0 Å². The number of pyridine rings is 1. The average molecular weight is 494 g/mol. The molecule has 1 aliphatic heterocycles. The van der Waals surface area contributed by atoms with Crippen molar-refractivity contribution >= 4 is 16.8 Å². The Labute approximate surface area is 224 Å². The molecule has 4 rings (SSSR count). The molecular weight excluding hydrogens is 466 g/mol. The first-order valence-electron chi connectivity index (χ1n) is 12.6. The maximum atomic E-state index is 10.1. The van der Waals surface area contributed by atoms with Crippen molar-refractivity contribution in [1.29, 1.82) is 10.5 Å². The molecule has 0 saturated heterocycles. The Bertz CT molecular complexity index is 1520. The number of hydrogen-bond donors (Lipinski definition) is 0. The van der Waals surface area contributed by atoms with Crippen molar-refractivity contribution in [3.63, 3.8) is 0 Å². The zero-order valence-electron chi connectivity index (χ0n) is 21.3. The second-order valence-corrected chi connectivity index (χ2v) is 8.77. The molecule has 2 heterocycles. The molecule has 0 bridgehead atoms. The van der Waals surface area contributed by atoms with Crippen molar-refractivity contribution in [3.8, 4) is 12.1 Å². The van der Waals surface area contributed by atoms with Gasteiger partial charge < -0.3 is 4.90 Å². The van der Waals surface area contributed by atoms with Crippen LogP contribution in [0, 0.1) is 29.2 Å². The monoisotopic (exact) mass is 493 g/mol. The molecule has 0 saturated carbocycles. The van der Waals surface area contributed by atoms with Crippen molar-refractivity contribution in [2.24, 2.45) is 0 Å². The number of rotatable bonds is 8. The minimum atomic E-state index is -0.140. The van der Waals surface area contributed by atoms with Crippen LogP contribution in [-0.4, -0.2) is 11.5 Å². The third-order valence-corrected chi connectivity index (χ3v) is 6.37. The van der Waals surface area contributed by atoms with Crippen molar-refractivity contribution in [2.45, 2.75) is 26.2 Å². The molecule has 0 N–H and O–H groups in total. The lowest BCUT2D eigenvalue weighted by Crippen LogP contribution is -2.26. The van der Waals surface area contributed by atoms with Crippen LogP contribution >= 0.6 is 0 Å². The lowest BCUT2D eigenvalue weighted by atomic mass is 9.91. The molecule has 5 nitrogen and oxygen atoms in total. The number of hydrogen-bond acceptors (Lipinski definition) is 4. The molecule has 5 heteroatoms. The number of unbranched alkanes of at least 4 members (excludes halogenated alkanes) is 2. The molecule has 1 aromatic heterocycles. The molecule has 0 fully saturated rings. The van der Waals surface area contributed by atoms with Gasteiger partial charge in [-0.2, -0.15) is 5.26 Å². The van der Waals surface area contributed by atoms with Crippen LogP contribution in [0.1, 0.15) is 42.9 Å². The Morgan fingerprint density at radius 2 is 1.79 bits per heavy atom. The lowest BCUT2D eigenvalue weighted by Gasteiger charge is -2.33. The highest BCUT2D eigenvalue weighted by molar-refractivity contribution is 5.92. The lowest BCUT2D eigenvalue weighted by molar-refractivity contribution is 0.707. The highest BCUT2D eigenvalue weighted by atomic mass is 15.1. The zero-order valence-corrected chi connectivity index (χ0v) is 21.3. The smallest absolute Gasteiger partial charge is 0.270 e. The fourth-order valence-electron chi connectivity index (χ4n) is 4.56. The van der Waals surface area contributed by atoms with Gasteiger partial charge in [0, 0.05) is 41.5 Å². The van der Waals surface area contributed by atoms with Crippen molar-refractivity contribution in [3.05, 3.63) is 142 Å². The standard InChI is InChI=1S/C33H27N5/c1-3-4-10-20-38-28(21-30(25-12-6-5-7-13-25)29-15-8-9-16-32(29)38)18-17-26(22-34)33(31(23-35)36-2)27-14-11-19-37-24-27/h5-9,11-19,21,24H,3-4,10,20H2,1H3/b26-17?,28-18?,33-31+. The fraction of sp³-hybridized carbons (Fsp3) is 0.152. The van der Waals surface area contributed by atoms with Crippen LogP contribution in [0.4, 0.5) is 5.69 Å². The fourth-order valence-corrected chi connectivity index (χ4v) is 4.56. The van der Waals surface area contributed by atoms with Gasteiger partial charge in [0.2, 0.25) is 0 Å². The zero-order chi connectivity index (χ0) is 26.7. The van der Waals surface area contributed by atoms with E-state index in [9.17, 15) is 10.5 Å². The van der Waals surface area contributed by atoms with Crippen molar-refractivity contribution < 1.29 is 0 Å². The summed E-state index contributed by atoms with van der Waals surface area (Å²) in [4.78, 5) is 9.82. The van der Waals surface area contributed by atoms with Crippen LogP contribution in [0.2, 0.25) is 0 Å². The van der Waals surface area contributed by atoms with E-state index in [1.54, 1.807) is 30.6 Å². The molecular formula is C33H27N5. The molecule has 0 spiro atoms. The highest BCUT2D eigenvalue weighted by Crippen LogP contribution is 2.39. The van der Waals surface area contributed by atoms with E-state index in [2.05, 4.69) is 64.1 Å². The predicted molar refractivity (Wildman–Crippen MR) is 152 cm³/mol. The molecule has 1 aliphatic rings. The number of para-hydroxylation sites is 1. The SMILES string of the molecule is [C-]#[N+]/C(C#N)=C(\C(C#N)=CC=C1C=C(c2ccccc2)c2ccccc2N1CCCCC)c1cccnc1. The summed E-state index contributed by atoms with van der Waals surface area (Å²) in [6.45, 7) is 10.5. The second-order valence-electron chi connectivity index (χ2n) is 8.77. The summed E-state index contributed by atoms with van der Waals surface area (Å²) in [6.07, 6.45) is 12.2. The molecule has 0 aliphatic carbocycles. The van der Waals surface area contributed by atoms with E-state index < -0.39 is 0 Å². The first kappa shape index (κ1) is 25.9. The summed E-state index contributed by atoms with van der Waals surface area (Å²) in [7, 11) is 0. The topological polar surface area (TPSA) is 68.1 Å². The van der Waals surface area contributed by atoms with E-state index in [4.69, 9.17) is 6.57 Å². The summed E-state index contributed by atoms with van der Waals surface area (Å²) in [6, 6.07) is 26.3. The summed E-state index contributed by atoms with van der Waals surface area (Å²) in [5.41, 5.74) is 6.37. The predicted octanol–water partition coefficient (Wildman–Crippen LogP) is 7.71. The van der Waals surface area contributed by atoms with Crippen LogP contribution < -0.4 is 4.90 Å². The van der Waals surface area contributed by atoms with E-state index in [1.807, 2.05) is 36.4 Å². The summed E-state index contributed by atoms with van der Waals surface area (Å²) >= 11 is 0. The summed E-state index contributed by atoms with van der Waals surface area (Å²) < 4.78 is 0. The highest BCUT2D eigenvalue weighted by Gasteiger charge is 2.23. The Morgan fingerprint density at radius 3 is 2.47 bits per heavy atom. The molecule has 38 heavy (non-hydrogen) atoms. The molecule has 3 aromatic rings. The van der Waals surface area contributed by atoms with E-state index in [-0.39, 0.29) is 16.8 Å². The first-order valence-corrected chi connectivity index (χ1v) is 12.6. The summed E-state index contributed by atoms with van der Waals surface area (Å²) in [5.74, 6) is 0. The van der Waals surface area contributed by atoms with E-state index in [0.29, 0.717) is 5.56 Å². The van der Waals surface area contributed by atoms with Gasteiger partial charge in [-0.1, -0.05) is 74.4 Å². The maximum absolute atomic E-state index is 10.1. The van der Waals surface area contributed by atoms with E-state index >= 15 is 0 Å². The van der Waals surface area contributed by atoms with Crippen molar-refractivity contribution in [2.75, 3.05) is 11.4 Å². The minimum Gasteiger partial charge on any atom is -0.341 e. The van der Waals surface area contributed by atoms with Crippen LogP contribution in [0.25, 0.3) is 16.0 Å². The van der Waals surface area contributed by atoms with Crippen molar-refractivity contribution in [1.82, 2.24) is 4.98 Å². The van der Waals surface area contributed by atoms with Crippen LogP contribution in [0.5, 0.6) is 0 Å². The Balaban J connectivity index is 1.90. The molecule has 0 unspecified atom stereocenters. The molecule has 0 radical (unpaired) electrons. The Morgan fingerprint density at radius 1 is 1.00 bits per heavy atom. The number of benzene rings is 2. The average Bonchev–Trinajstić information content (AvgIpc) is 2.98. The van der Waals surface area contributed by atoms with E-state index in [1.165, 1.54) is 0 Å². The molecule has 0 atom stereocenters. The van der Waals surface area contributed by atoms with Crippen LogP contribution in [0.3, 0.4) is 0 Å². The third-order valence-electron chi connectivity index (χ3n) is 6.37. The maximum Gasteiger partial charge on any atom is 0.270 e. The number of fused-ring (bicyclic) bond motifs is 1. The van der Waals surface area contributed by atoms with Crippen LogP contribution in [0.15, 0.2) is 114 Å². The van der Waals surface area contributed by atoms with Gasteiger partial charge in [-0.3, -0.25) is 4.98 Å². The number of nitriles is 2. The number of aromatic nitrogens is 1. The molecule has 2 aromatic carbocycles. The van der Waals surface area contributed by atoms with Gasteiger partial charge in [0.05, 0.1) is 24.3 Å². The number of anilines is 1. The Kier molecular flexibility index (Phi) is 8.64. The van der Waals surface area contributed by atoms with Gasteiger partial charge in [-0.25, -0.2) is 10.1 Å². The molecule has 184 valence electrons. The number of allylic oxidation sites excluding steroid dienone is 6. The van der Waals surface area contributed by atoms with Crippen LogP contribution in [-0.2, 0) is 0 Å². The Hall–Kier alpha value is -5.18. The van der Waals surface area contributed by atoms with E-state index in [0.717, 1.165) is 53.9 Å². The molecule has 0 amide bonds. The normalized spacial score (nSPS) is 14.5. The quantitative estimate of drug-likeness (QED) is 0.139. The number of nitrogens with zero attached hydrogens (tertiary/aromatic N) is 5. The van der Waals surface area contributed by atoms with Gasteiger partial charge in [-0.15, -0.1) is 0 Å². The van der Waals surface area contributed by atoms with Gasteiger partial charge in [0.15, 0.2) is 0 Å². The minimum absolute atomic E-state index is 0.140. The first-order chi connectivity index (χ1) is 18.7. The van der Waals surface area contributed by atoms with Gasteiger partial charge in [-0.05, 0) is 53.5 Å². The van der Waals surface area contributed by atoms with Gasteiger partial charge in [0.25, 0.3) is 5.70 Å². The largest absolute Gasteiger partial charge is 0.341 e. The third kappa shape index (κ3) is 5.62. The van der Waals surface area contributed by atoms with Gasteiger partial charge in [0.1, 0.15) is 0 Å². The second kappa shape index (κ2) is 12.7. The summed E-state index contributed by atoms with van der Waals surface area (Å²) in [5, 5.41) is 19.8.